The minimum atomic E-state index is 0.379. The summed E-state index contributed by atoms with van der Waals surface area (Å²) in [6.45, 7) is 3.45. The molecule has 5 heteroatoms. The van der Waals surface area contributed by atoms with Crippen molar-refractivity contribution in [1.82, 2.24) is 15.1 Å². The van der Waals surface area contributed by atoms with E-state index in [0.717, 1.165) is 11.8 Å². The highest BCUT2D eigenvalue weighted by molar-refractivity contribution is 9.10. The molecule has 0 saturated carbocycles. The number of hydrogen-bond donors (Lipinski definition) is 0. The molecule has 3 heterocycles. The zero-order valence-corrected chi connectivity index (χ0v) is 9.57. The molecule has 0 aromatic carbocycles. The maximum atomic E-state index is 5.45. The van der Waals surface area contributed by atoms with Crippen LogP contribution in [0.3, 0.4) is 0 Å². The summed E-state index contributed by atoms with van der Waals surface area (Å²) >= 11 is 3.20. The molecule has 2 aliphatic rings. The maximum absolute atomic E-state index is 5.45. The Labute approximate surface area is 90.8 Å². The Kier molecular flexibility index (Phi) is 1.92. The Morgan fingerprint density at radius 1 is 1.50 bits per heavy atom. The zero-order chi connectivity index (χ0) is 9.71. The summed E-state index contributed by atoms with van der Waals surface area (Å²) < 4.78 is 5.45. The van der Waals surface area contributed by atoms with Crippen LogP contribution in [0.1, 0.15) is 31.7 Å². The Morgan fingerprint density at radius 2 is 2.36 bits per heavy atom. The van der Waals surface area contributed by atoms with E-state index in [1.807, 2.05) is 0 Å². The number of piperidine rings is 1. The molecule has 14 heavy (non-hydrogen) atoms. The van der Waals surface area contributed by atoms with Crippen molar-refractivity contribution in [2.45, 2.75) is 31.8 Å². The van der Waals surface area contributed by atoms with Crippen LogP contribution in [-0.4, -0.2) is 27.7 Å². The molecule has 1 aromatic heterocycles. The minimum Gasteiger partial charge on any atom is -0.414 e. The fraction of sp³-hybridized carbons (Fsp3) is 0.778. The number of aromatic nitrogens is 2. The van der Waals surface area contributed by atoms with E-state index in [0.29, 0.717) is 16.9 Å². The number of nitrogens with zero attached hydrogens (tertiary/aromatic N) is 3. The van der Waals surface area contributed by atoms with Crippen molar-refractivity contribution < 1.29 is 4.42 Å². The molecular formula is C9H12BrN3O. The quantitative estimate of drug-likeness (QED) is 0.772. The van der Waals surface area contributed by atoms with E-state index < -0.39 is 0 Å². The molecule has 2 aliphatic heterocycles. The molecule has 4 nitrogen and oxygen atoms in total. The molecule has 3 rings (SSSR count). The van der Waals surface area contributed by atoms with Gasteiger partial charge in [0.15, 0.2) is 0 Å². The highest BCUT2D eigenvalue weighted by atomic mass is 79.9. The average Bonchev–Trinajstić information content (AvgIpc) is 2.77. The second-order valence-electron chi connectivity index (χ2n) is 4.21. The van der Waals surface area contributed by atoms with Crippen molar-refractivity contribution in [2.24, 2.45) is 5.92 Å². The highest BCUT2D eigenvalue weighted by Crippen LogP contribution is 2.47. The van der Waals surface area contributed by atoms with E-state index in [1.165, 1.54) is 19.4 Å². The number of fused-ring (bicyclic) bond motifs is 2. The monoisotopic (exact) mass is 257 g/mol. The lowest BCUT2D eigenvalue weighted by Gasteiger charge is -2.21. The van der Waals surface area contributed by atoms with E-state index in [9.17, 15) is 0 Å². The van der Waals surface area contributed by atoms with Crippen LogP contribution in [0, 0.1) is 5.92 Å². The summed E-state index contributed by atoms with van der Waals surface area (Å²) in [4.78, 5) is 2.97. The van der Waals surface area contributed by atoms with Crippen LogP contribution in [0.5, 0.6) is 0 Å². The molecule has 1 aromatic rings. The predicted octanol–water partition coefficient (Wildman–Crippen LogP) is 1.99. The molecule has 0 amide bonds. The summed E-state index contributed by atoms with van der Waals surface area (Å²) in [5.41, 5.74) is 0. The molecule has 0 N–H and O–H groups in total. The van der Waals surface area contributed by atoms with Crippen molar-refractivity contribution in [1.29, 1.82) is 0 Å². The summed E-state index contributed by atoms with van der Waals surface area (Å²) in [6, 6.07) is 1.05. The van der Waals surface area contributed by atoms with Crippen molar-refractivity contribution in [3.63, 3.8) is 0 Å². The van der Waals surface area contributed by atoms with Crippen LogP contribution in [-0.2, 0) is 0 Å². The van der Waals surface area contributed by atoms with E-state index in [1.54, 1.807) is 0 Å². The first-order valence-electron chi connectivity index (χ1n) is 5.00. The second kappa shape index (κ2) is 3.03. The lowest BCUT2D eigenvalue weighted by atomic mass is 9.97. The Morgan fingerprint density at radius 3 is 2.86 bits per heavy atom. The SMILES string of the molecule is CC1CC2CCN1C2c1nnc(Br)o1. The number of halogens is 1. The van der Waals surface area contributed by atoms with Crippen molar-refractivity contribution >= 4 is 15.9 Å². The van der Waals surface area contributed by atoms with E-state index >= 15 is 0 Å². The fourth-order valence-electron chi connectivity index (χ4n) is 2.88. The van der Waals surface area contributed by atoms with Gasteiger partial charge in [0.05, 0.1) is 6.04 Å². The standard InChI is InChI=1S/C9H12BrN3O/c1-5-4-6-2-3-13(5)7(6)8-11-12-9(10)14-8/h5-7H,2-4H2,1H3. The summed E-state index contributed by atoms with van der Waals surface area (Å²) in [5, 5.41) is 7.92. The highest BCUT2D eigenvalue weighted by Gasteiger charge is 2.47. The van der Waals surface area contributed by atoms with Gasteiger partial charge in [0, 0.05) is 22.0 Å². The van der Waals surface area contributed by atoms with Crippen molar-refractivity contribution in [3.05, 3.63) is 10.7 Å². The molecule has 2 fully saturated rings. The summed E-state index contributed by atoms with van der Waals surface area (Å²) in [7, 11) is 0. The van der Waals surface area contributed by atoms with Gasteiger partial charge in [0.1, 0.15) is 0 Å². The Balaban J connectivity index is 1.93. The van der Waals surface area contributed by atoms with Crippen molar-refractivity contribution in [3.8, 4) is 0 Å². The van der Waals surface area contributed by atoms with E-state index in [-0.39, 0.29) is 0 Å². The van der Waals surface area contributed by atoms with Gasteiger partial charge in [-0.3, -0.25) is 4.90 Å². The third-order valence-corrected chi connectivity index (χ3v) is 3.76. The number of rotatable bonds is 1. The van der Waals surface area contributed by atoms with E-state index in [4.69, 9.17) is 4.42 Å². The molecular weight excluding hydrogens is 246 g/mol. The van der Waals surface area contributed by atoms with Crippen LogP contribution >= 0.6 is 15.9 Å². The molecule has 4 unspecified atom stereocenters. The molecule has 0 radical (unpaired) electrons. The molecule has 0 spiro atoms. The molecule has 0 aliphatic carbocycles. The first kappa shape index (κ1) is 8.85. The predicted molar refractivity (Wildman–Crippen MR) is 53.6 cm³/mol. The Hall–Kier alpha value is -0.420. The third-order valence-electron chi connectivity index (χ3n) is 3.44. The molecule has 76 valence electrons. The smallest absolute Gasteiger partial charge is 0.284 e. The lowest BCUT2D eigenvalue weighted by molar-refractivity contribution is 0.211. The zero-order valence-electron chi connectivity index (χ0n) is 7.98. The summed E-state index contributed by atoms with van der Waals surface area (Å²) in [6.07, 6.45) is 2.54. The molecule has 2 bridgehead atoms. The van der Waals surface area contributed by atoms with Gasteiger partial charge in [-0.05, 0) is 32.2 Å². The number of hydrogen-bond acceptors (Lipinski definition) is 4. The Bertz CT molecular complexity index is 354. The first-order chi connectivity index (χ1) is 6.75. The van der Waals surface area contributed by atoms with Crippen LogP contribution in [0.2, 0.25) is 0 Å². The third kappa shape index (κ3) is 1.15. The van der Waals surface area contributed by atoms with Crippen LogP contribution in [0.15, 0.2) is 9.22 Å². The first-order valence-corrected chi connectivity index (χ1v) is 5.79. The van der Waals surface area contributed by atoms with Crippen molar-refractivity contribution in [2.75, 3.05) is 6.54 Å². The fourth-order valence-corrected chi connectivity index (χ4v) is 3.12. The molecule has 4 atom stereocenters. The van der Waals surface area contributed by atoms with E-state index in [2.05, 4.69) is 38.0 Å². The van der Waals surface area contributed by atoms with Gasteiger partial charge in [-0.1, -0.05) is 0 Å². The topological polar surface area (TPSA) is 42.2 Å². The normalized spacial score (nSPS) is 40.7. The second-order valence-corrected chi connectivity index (χ2v) is 4.89. The van der Waals surface area contributed by atoms with Crippen LogP contribution in [0.25, 0.3) is 0 Å². The van der Waals surface area contributed by atoms with Gasteiger partial charge in [0.2, 0.25) is 5.89 Å². The lowest BCUT2D eigenvalue weighted by Crippen LogP contribution is -2.28. The average molecular weight is 258 g/mol. The van der Waals surface area contributed by atoms with Gasteiger partial charge < -0.3 is 4.42 Å². The molecule has 2 saturated heterocycles. The van der Waals surface area contributed by atoms with Crippen LogP contribution in [0.4, 0.5) is 0 Å². The van der Waals surface area contributed by atoms with Gasteiger partial charge in [-0.2, -0.15) is 0 Å². The minimum absolute atomic E-state index is 0.379. The van der Waals surface area contributed by atoms with Gasteiger partial charge in [-0.15, -0.1) is 10.2 Å². The van der Waals surface area contributed by atoms with Crippen LogP contribution < -0.4 is 0 Å². The maximum Gasteiger partial charge on any atom is 0.284 e. The van der Waals surface area contributed by atoms with Gasteiger partial charge >= 0.3 is 0 Å². The largest absolute Gasteiger partial charge is 0.414 e. The summed E-state index contributed by atoms with van der Waals surface area (Å²) in [5.74, 6) is 1.50. The van der Waals surface area contributed by atoms with Gasteiger partial charge in [0.25, 0.3) is 4.80 Å². The van der Waals surface area contributed by atoms with Gasteiger partial charge in [-0.25, -0.2) is 0 Å².